The van der Waals surface area contributed by atoms with Crippen LogP contribution >= 0.6 is 11.3 Å². The molecule has 2 N–H and O–H groups in total. The number of sulfone groups is 1. The molecule has 2 saturated heterocycles. The Kier molecular flexibility index (Phi) is 2.96. The lowest BCUT2D eigenvalue weighted by atomic mass is 10.1. The molecule has 1 amide bonds. The monoisotopic (exact) mass is 337 g/mol. The van der Waals surface area contributed by atoms with Crippen LogP contribution in [0.3, 0.4) is 0 Å². The highest BCUT2D eigenvalue weighted by molar-refractivity contribution is 7.92. The zero-order valence-corrected chi connectivity index (χ0v) is 13.4. The van der Waals surface area contributed by atoms with Crippen molar-refractivity contribution in [2.45, 2.75) is 11.7 Å². The minimum absolute atomic E-state index is 0.0830. The Morgan fingerprint density at radius 2 is 2.18 bits per heavy atom. The first kappa shape index (κ1) is 14.0. The topological polar surface area (TPSA) is 93.4 Å². The molecule has 116 valence electrons. The third-order valence-electron chi connectivity index (χ3n) is 4.56. The standard InChI is InChI=1S/C14H15N3O3S2/c15-14-16-10-3-1-2-9(12(10)21-14)13(18)17-6-8-4-5-22(19,20)11(8)7-17/h1-3,8,11H,4-7H2,(H2,15,16)/t8-,11+/m0/s1. The van der Waals surface area contributed by atoms with Crippen LogP contribution in [0.25, 0.3) is 10.2 Å². The first-order valence-electron chi connectivity index (χ1n) is 7.11. The lowest BCUT2D eigenvalue weighted by Gasteiger charge is -2.17. The lowest BCUT2D eigenvalue weighted by molar-refractivity contribution is 0.0789. The van der Waals surface area contributed by atoms with Crippen LogP contribution < -0.4 is 5.73 Å². The van der Waals surface area contributed by atoms with Gasteiger partial charge in [0.2, 0.25) is 0 Å². The van der Waals surface area contributed by atoms with E-state index >= 15 is 0 Å². The fourth-order valence-corrected chi connectivity index (χ4v) is 6.45. The number of carbonyl (C=O) groups excluding carboxylic acids is 1. The van der Waals surface area contributed by atoms with E-state index in [4.69, 9.17) is 5.73 Å². The second-order valence-corrected chi connectivity index (χ2v) is 9.24. The normalized spacial score (nSPS) is 26.5. The largest absolute Gasteiger partial charge is 0.375 e. The van der Waals surface area contributed by atoms with E-state index in [0.717, 1.165) is 4.70 Å². The minimum atomic E-state index is -3.03. The third-order valence-corrected chi connectivity index (χ3v) is 7.76. The summed E-state index contributed by atoms with van der Waals surface area (Å²) in [6.45, 7) is 0.823. The summed E-state index contributed by atoms with van der Waals surface area (Å²) in [6.07, 6.45) is 0.661. The summed E-state index contributed by atoms with van der Waals surface area (Å²) < 4.78 is 24.8. The molecule has 22 heavy (non-hydrogen) atoms. The lowest BCUT2D eigenvalue weighted by Crippen LogP contribution is -2.32. The molecule has 8 heteroatoms. The summed E-state index contributed by atoms with van der Waals surface area (Å²) in [5.41, 5.74) is 6.99. The van der Waals surface area contributed by atoms with Crippen LogP contribution in [0.1, 0.15) is 16.8 Å². The number of rotatable bonds is 1. The number of amides is 1. The van der Waals surface area contributed by atoms with Gasteiger partial charge in [0, 0.05) is 13.1 Å². The molecule has 2 fully saturated rings. The molecule has 3 heterocycles. The summed E-state index contributed by atoms with van der Waals surface area (Å²) in [6, 6.07) is 5.36. The van der Waals surface area contributed by atoms with Gasteiger partial charge in [0.1, 0.15) is 0 Å². The molecule has 6 nitrogen and oxygen atoms in total. The van der Waals surface area contributed by atoms with Crippen LogP contribution in [-0.4, -0.2) is 48.3 Å². The molecule has 0 unspecified atom stereocenters. The van der Waals surface area contributed by atoms with Crippen LogP contribution in [0.15, 0.2) is 18.2 Å². The Morgan fingerprint density at radius 1 is 1.36 bits per heavy atom. The van der Waals surface area contributed by atoms with Gasteiger partial charge in [-0.05, 0) is 24.5 Å². The summed E-state index contributed by atoms with van der Waals surface area (Å²) >= 11 is 1.29. The van der Waals surface area contributed by atoms with E-state index < -0.39 is 9.84 Å². The number of nitrogens with zero attached hydrogens (tertiary/aromatic N) is 2. The minimum Gasteiger partial charge on any atom is -0.375 e. The van der Waals surface area contributed by atoms with Crippen LogP contribution in [0.4, 0.5) is 5.13 Å². The number of likely N-dealkylation sites (tertiary alicyclic amines) is 1. The van der Waals surface area contributed by atoms with Crippen molar-refractivity contribution in [1.82, 2.24) is 9.88 Å². The average Bonchev–Trinajstić information content (AvgIpc) is 3.12. The van der Waals surface area contributed by atoms with Crippen molar-refractivity contribution in [1.29, 1.82) is 0 Å². The first-order valence-corrected chi connectivity index (χ1v) is 9.65. The van der Waals surface area contributed by atoms with E-state index in [1.807, 2.05) is 6.07 Å². The Hall–Kier alpha value is -1.67. The molecule has 2 aromatic rings. The molecule has 2 aliphatic rings. The molecule has 4 rings (SSSR count). The quantitative estimate of drug-likeness (QED) is 0.842. The summed E-state index contributed by atoms with van der Waals surface area (Å²) in [5.74, 6) is 0.212. The second kappa shape index (κ2) is 4.66. The van der Waals surface area contributed by atoms with Crippen molar-refractivity contribution < 1.29 is 13.2 Å². The smallest absolute Gasteiger partial charge is 0.255 e. The fraction of sp³-hybridized carbons (Fsp3) is 0.429. The maximum absolute atomic E-state index is 12.8. The molecule has 2 aliphatic heterocycles. The van der Waals surface area contributed by atoms with E-state index in [1.165, 1.54) is 11.3 Å². The van der Waals surface area contributed by atoms with Crippen molar-refractivity contribution >= 4 is 42.4 Å². The van der Waals surface area contributed by atoms with Gasteiger partial charge in [0.25, 0.3) is 5.91 Å². The van der Waals surface area contributed by atoms with Crippen molar-refractivity contribution in [3.05, 3.63) is 23.8 Å². The molecule has 1 aromatic heterocycles. The zero-order chi connectivity index (χ0) is 15.5. The average molecular weight is 337 g/mol. The highest BCUT2D eigenvalue weighted by Crippen LogP contribution is 2.35. The van der Waals surface area contributed by atoms with E-state index in [9.17, 15) is 13.2 Å². The molecule has 0 spiro atoms. The molecule has 0 saturated carbocycles. The number of carbonyl (C=O) groups is 1. The number of fused-ring (bicyclic) bond motifs is 2. The highest BCUT2D eigenvalue weighted by atomic mass is 32.2. The van der Waals surface area contributed by atoms with Crippen molar-refractivity contribution in [2.24, 2.45) is 5.92 Å². The Balaban J connectivity index is 1.68. The van der Waals surface area contributed by atoms with Gasteiger partial charge in [0.05, 0.1) is 26.8 Å². The van der Waals surface area contributed by atoms with Gasteiger partial charge in [-0.2, -0.15) is 0 Å². The number of anilines is 1. The third kappa shape index (κ3) is 2.01. The van der Waals surface area contributed by atoms with Gasteiger partial charge < -0.3 is 10.6 Å². The molecule has 0 aliphatic carbocycles. The van der Waals surface area contributed by atoms with E-state index in [2.05, 4.69) is 4.98 Å². The zero-order valence-electron chi connectivity index (χ0n) is 11.7. The van der Waals surface area contributed by atoms with Crippen molar-refractivity contribution in [2.75, 3.05) is 24.6 Å². The second-order valence-electron chi connectivity index (χ2n) is 5.87. The maximum Gasteiger partial charge on any atom is 0.255 e. The molecule has 0 bridgehead atoms. The summed E-state index contributed by atoms with van der Waals surface area (Å²) in [7, 11) is -3.03. The van der Waals surface area contributed by atoms with Gasteiger partial charge in [0.15, 0.2) is 15.0 Å². The van der Waals surface area contributed by atoms with Gasteiger partial charge in [-0.1, -0.05) is 17.4 Å². The summed E-state index contributed by atoms with van der Waals surface area (Å²) in [4.78, 5) is 18.6. The molecular formula is C14H15N3O3S2. The maximum atomic E-state index is 12.8. The van der Waals surface area contributed by atoms with Crippen LogP contribution in [-0.2, 0) is 9.84 Å². The first-order chi connectivity index (χ1) is 10.5. The van der Waals surface area contributed by atoms with Crippen LogP contribution in [0, 0.1) is 5.92 Å². The van der Waals surface area contributed by atoms with Gasteiger partial charge in [-0.25, -0.2) is 13.4 Å². The fourth-order valence-electron chi connectivity index (χ4n) is 3.46. The van der Waals surface area contributed by atoms with Gasteiger partial charge in [-0.15, -0.1) is 0 Å². The Labute approximate surface area is 131 Å². The number of nitrogens with two attached hydrogens (primary N) is 1. The van der Waals surface area contributed by atoms with Crippen LogP contribution in [0.2, 0.25) is 0 Å². The highest BCUT2D eigenvalue weighted by Gasteiger charge is 2.47. The number of aromatic nitrogens is 1. The number of hydrogen-bond donors (Lipinski definition) is 1. The predicted molar refractivity (Wildman–Crippen MR) is 85.6 cm³/mol. The molecule has 2 atom stereocenters. The Bertz CT molecular complexity index is 875. The van der Waals surface area contributed by atoms with Gasteiger partial charge >= 0.3 is 0 Å². The van der Waals surface area contributed by atoms with E-state index in [-0.39, 0.29) is 22.8 Å². The summed E-state index contributed by atoms with van der Waals surface area (Å²) in [5, 5.41) is 0.0401. The molecule has 1 aromatic carbocycles. The molecular weight excluding hydrogens is 322 g/mol. The Morgan fingerprint density at radius 3 is 2.95 bits per heavy atom. The van der Waals surface area contributed by atoms with Crippen molar-refractivity contribution in [3.8, 4) is 0 Å². The number of nitrogen functional groups attached to an aromatic ring is 1. The molecule has 0 radical (unpaired) electrons. The van der Waals surface area contributed by atoms with E-state index in [0.29, 0.717) is 35.7 Å². The number of benzene rings is 1. The van der Waals surface area contributed by atoms with E-state index in [1.54, 1.807) is 17.0 Å². The van der Waals surface area contributed by atoms with Crippen LogP contribution in [0.5, 0.6) is 0 Å². The van der Waals surface area contributed by atoms with Crippen molar-refractivity contribution in [3.63, 3.8) is 0 Å². The SMILES string of the molecule is Nc1nc2cccc(C(=O)N3C[C@@H]4CCS(=O)(=O)[C@@H]4C3)c2s1. The predicted octanol–water partition coefficient (Wildman–Crippen LogP) is 1.14. The number of hydrogen-bond acceptors (Lipinski definition) is 6. The van der Waals surface area contributed by atoms with Gasteiger partial charge in [-0.3, -0.25) is 4.79 Å². The number of thiazole rings is 1.